The van der Waals surface area contributed by atoms with E-state index in [1.165, 1.54) is 64.2 Å². The molecule has 0 radical (unpaired) electrons. The second-order valence-electron chi connectivity index (χ2n) is 7.39. The summed E-state index contributed by atoms with van der Waals surface area (Å²) < 4.78 is 5.48. The summed E-state index contributed by atoms with van der Waals surface area (Å²) in [5, 5.41) is 3.94. The second-order valence-corrected chi connectivity index (χ2v) is 7.39. The van der Waals surface area contributed by atoms with E-state index in [2.05, 4.69) is 12.2 Å². The molecule has 0 bridgehead atoms. The minimum absolute atomic E-state index is 0.687. The van der Waals surface area contributed by atoms with Crippen LogP contribution in [0.1, 0.15) is 71.1 Å². The molecule has 0 aromatic carbocycles. The van der Waals surface area contributed by atoms with Crippen LogP contribution in [0.3, 0.4) is 0 Å². The van der Waals surface area contributed by atoms with Gasteiger partial charge in [0.05, 0.1) is 0 Å². The highest BCUT2D eigenvalue weighted by molar-refractivity contribution is 4.92. The molecule has 2 saturated carbocycles. The summed E-state index contributed by atoms with van der Waals surface area (Å²) in [7, 11) is 0. The molecular formula is C17H31NO. The van der Waals surface area contributed by atoms with Gasteiger partial charge >= 0.3 is 0 Å². The summed E-state index contributed by atoms with van der Waals surface area (Å²) in [6, 6.07) is 1.48. The van der Waals surface area contributed by atoms with Crippen molar-refractivity contribution in [1.82, 2.24) is 5.32 Å². The van der Waals surface area contributed by atoms with Crippen LogP contribution in [0.15, 0.2) is 0 Å². The van der Waals surface area contributed by atoms with Crippen molar-refractivity contribution in [3.8, 4) is 0 Å². The Balaban J connectivity index is 1.43. The van der Waals surface area contributed by atoms with Crippen LogP contribution in [-0.2, 0) is 4.74 Å². The van der Waals surface area contributed by atoms with E-state index in [1.54, 1.807) is 0 Å². The number of hydrogen-bond acceptors (Lipinski definition) is 2. The Morgan fingerprint density at radius 2 is 1.58 bits per heavy atom. The lowest BCUT2D eigenvalue weighted by Gasteiger charge is -2.40. The van der Waals surface area contributed by atoms with E-state index in [9.17, 15) is 0 Å². The fourth-order valence-corrected chi connectivity index (χ4v) is 4.75. The Morgan fingerprint density at radius 1 is 0.947 bits per heavy atom. The van der Waals surface area contributed by atoms with Gasteiger partial charge in [0.15, 0.2) is 0 Å². The van der Waals surface area contributed by atoms with Crippen molar-refractivity contribution in [3.63, 3.8) is 0 Å². The van der Waals surface area contributed by atoms with Crippen molar-refractivity contribution in [2.75, 3.05) is 13.2 Å². The van der Waals surface area contributed by atoms with Gasteiger partial charge in [-0.1, -0.05) is 12.8 Å². The Labute approximate surface area is 118 Å². The number of ether oxygens (including phenoxy) is 1. The Hall–Kier alpha value is -0.0800. The molecule has 1 spiro atoms. The Bertz CT molecular complexity index is 269. The molecule has 19 heavy (non-hydrogen) atoms. The predicted octanol–water partition coefficient (Wildman–Crippen LogP) is 3.89. The Morgan fingerprint density at radius 3 is 2.21 bits per heavy atom. The van der Waals surface area contributed by atoms with E-state index in [0.717, 1.165) is 30.6 Å². The normalized spacial score (nSPS) is 30.8. The fourth-order valence-electron chi connectivity index (χ4n) is 4.75. The van der Waals surface area contributed by atoms with Crippen LogP contribution in [0.2, 0.25) is 0 Å². The molecule has 1 unspecified atom stereocenters. The monoisotopic (exact) mass is 265 g/mol. The first-order chi connectivity index (χ1) is 9.27. The lowest BCUT2D eigenvalue weighted by atomic mass is 9.71. The molecule has 3 rings (SSSR count). The zero-order chi connectivity index (χ0) is 13.1. The smallest absolute Gasteiger partial charge is 0.0469 e. The largest absolute Gasteiger partial charge is 0.381 e. The quantitative estimate of drug-likeness (QED) is 0.836. The first-order valence-corrected chi connectivity index (χ1v) is 8.61. The van der Waals surface area contributed by atoms with Crippen LogP contribution in [0.5, 0.6) is 0 Å². The van der Waals surface area contributed by atoms with Crippen LogP contribution in [-0.4, -0.2) is 25.3 Å². The topological polar surface area (TPSA) is 21.3 Å². The number of rotatable bonds is 3. The zero-order valence-corrected chi connectivity index (χ0v) is 12.6. The standard InChI is InChI=1S/C17H31NO/c1-14(15-6-12-19-13-7-15)18-16-4-10-17(11-5-16)8-2-3-9-17/h14-16,18H,2-13H2,1H3. The van der Waals surface area contributed by atoms with Crippen molar-refractivity contribution < 1.29 is 4.74 Å². The van der Waals surface area contributed by atoms with Crippen LogP contribution >= 0.6 is 0 Å². The maximum Gasteiger partial charge on any atom is 0.0469 e. The molecule has 2 nitrogen and oxygen atoms in total. The molecule has 3 aliphatic rings. The summed E-state index contributed by atoms with van der Waals surface area (Å²) in [5.41, 5.74) is 0.778. The highest BCUT2D eigenvalue weighted by atomic mass is 16.5. The third-order valence-electron chi connectivity index (χ3n) is 6.18. The molecule has 0 amide bonds. The molecule has 3 fully saturated rings. The van der Waals surface area contributed by atoms with Crippen LogP contribution in [0, 0.1) is 11.3 Å². The summed E-state index contributed by atoms with van der Waals surface area (Å²) in [6.07, 6.45) is 14.4. The molecule has 1 N–H and O–H groups in total. The molecular weight excluding hydrogens is 234 g/mol. The average Bonchev–Trinajstić information content (AvgIpc) is 2.91. The van der Waals surface area contributed by atoms with Gasteiger partial charge in [0.1, 0.15) is 0 Å². The van der Waals surface area contributed by atoms with Gasteiger partial charge in [-0.3, -0.25) is 0 Å². The van der Waals surface area contributed by atoms with Gasteiger partial charge in [0.2, 0.25) is 0 Å². The lowest BCUT2D eigenvalue weighted by Crippen LogP contribution is -2.45. The average molecular weight is 265 g/mol. The third kappa shape index (κ3) is 3.33. The molecule has 0 aromatic rings. The van der Waals surface area contributed by atoms with Crippen molar-refractivity contribution in [2.24, 2.45) is 11.3 Å². The van der Waals surface area contributed by atoms with Crippen LogP contribution < -0.4 is 5.32 Å². The van der Waals surface area contributed by atoms with Crippen molar-refractivity contribution in [3.05, 3.63) is 0 Å². The highest BCUT2D eigenvalue weighted by Crippen LogP contribution is 2.48. The maximum atomic E-state index is 5.48. The van der Waals surface area contributed by atoms with E-state index in [-0.39, 0.29) is 0 Å². The maximum absolute atomic E-state index is 5.48. The van der Waals surface area contributed by atoms with Gasteiger partial charge < -0.3 is 10.1 Å². The summed E-state index contributed by atoms with van der Waals surface area (Å²) in [4.78, 5) is 0. The van der Waals surface area contributed by atoms with Gasteiger partial charge in [-0.25, -0.2) is 0 Å². The van der Waals surface area contributed by atoms with Gasteiger partial charge in [-0.15, -0.1) is 0 Å². The Kier molecular flexibility index (Phi) is 4.48. The van der Waals surface area contributed by atoms with Crippen LogP contribution in [0.25, 0.3) is 0 Å². The molecule has 0 aromatic heterocycles. The molecule has 1 aliphatic heterocycles. The molecule has 110 valence electrons. The zero-order valence-electron chi connectivity index (χ0n) is 12.6. The fraction of sp³-hybridized carbons (Fsp3) is 1.00. The van der Waals surface area contributed by atoms with Gasteiger partial charge in [-0.05, 0) is 69.6 Å². The van der Waals surface area contributed by atoms with E-state index in [4.69, 9.17) is 4.74 Å². The van der Waals surface area contributed by atoms with Crippen LogP contribution in [0.4, 0.5) is 0 Å². The minimum atomic E-state index is 0.687. The lowest BCUT2D eigenvalue weighted by molar-refractivity contribution is 0.0518. The van der Waals surface area contributed by atoms with Crippen molar-refractivity contribution >= 4 is 0 Å². The summed E-state index contributed by atoms with van der Waals surface area (Å²) >= 11 is 0. The first kappa shape index (κ1) is 13.9. The van der Waals surface area contributed by atoms with E-state index >= 15 is 0 Å². The molecule has 2 aliphatic carbocycles. The summed E-state index contributed by atoms with van der Waals surface area (Å²) in [5.74, 6) is 0.844. The van der Waals surface area contributed by atoms with Gasteiger partial charge in [0.25, 0.3) is 0 Å². The molecule has 1 heterocycles. The van der Waals surface area contributed by atoms with E-state index in [0.29, 0.717) is 6.04 Å². The van der Waals surface area contributed by atoms with Gasteiger partial charge in [-0.2, -0.15) is 0 Å². The highest BCUT2D eigenvalue weighted by Gasteiger charge is 2.37. The second kappa shape index (κ2) is 6.13. The first-order valence-electron chi connectivity index (χ1n) is 8.61. The molecule has 1 atom stereocenters. The number of hydrogen-bond donors (Lipinski definition) is 1. The predicted molar refractivity (Wildman–Crippen MR) is 79.3 cm³/mol. The molecule has 1 saturated heterocycles. The third-order valence-corrected chi connectivity index (χ3v) is 6.18. The molecule has 2 heteroatoms. The van der Waals surface area contributed by atoms with E-state index < -0.39 is 0 Å². The van der Waals surface area contributed by atoms with Crippen molar-refractivity contribution in [1.29, 1.82) is 0 Å². The minimum Gasteiger partial charge on any atom is -0.381 e. The SMILES string of the molecule is CC(NC1CCC2(CCCC2)CC1)C1CCOCC1. The number of nitrogens with one attached hydrogen (secondary N) is 1. The summed E-state index contributed by atoms with van der Waals surface area (Å²) in [6.45, 7) is 4.35. The van der Waals surface area contributed by atoms with Crippen molar-refractivity contribution in [2.45, 2.75) is 83.2 Å². The van der Waals surface area contributed by atoms with Gasteiger partial charge in [0, 0.05) is 25.3 Å². The van der Waals surface area contributed by atoms with E-state index in [1.807, 2.05) is 0 Å².